The lowest BCUT2D eigenvalue weighted by Gasteiger charge is -2.39. The molecule has 2 aliphatic heterocycles. The van der Waals surface area contributed by atoms with Crippen molar-refractivity contribution < 1.29 is 31.5 Å². The van der Waals surface area contributed by atoms with Crippen LogP contribution >= 0.6 is 0 Å². The highest BCUT2D eigenvalue weighted by atomic mass is 19.2. The van der Waals surface area contributed by atoms with Crippen LogP contribution in [-0.2, 0) is 4.79 Å². The minimum Gasteiger partial charge on any atom is -0.338 e. The molecule has 1 atom stereocenters. The average molecular weight is 391 g/mol. The molecule has 2 saturated heterocycles. The lowest BCUT2D eigenvalue weighted by molar-refractivity contribution is -0.121. The zero-order chi connectivity index (χ0) is 20.1. The Kier molecular flexibility index (Phi) is 4.87. The number of carbonyl (C=O) groups excluding carboxylic acids is 2. The number of piperidine rings is 1. The third-order valence-corrected chi connectivity index (χ3v) is 5.07. The number of amides is 2. The largest absolute Gasteiger partial charge is 0.338 e. The van der Waals surface area contributed by atoms with Gasteiger partial charge in [0.05, 0.1) is 11.7 Å². The van der Waals surface area contributed by atoms with Crippen molar-refractivity contribution in [2.75, 3.05) is 13.1 Å². The zero-order valence-electron chi connectivity index (χ0n) is 14.6. The predicted molar refractivity (Wildman–Crippen MR) is 84.0 cm³/mol. The Bertz CT molecular complexity index is 777. The van der Waals surface area contributed by atoms with Crippen molar-refractivity contribution in [3.05, 3.63) is 34.6 Å². The third kappa shape index (κ3) is 3.15. The van der Waals surface area contributed by atoms with Crippen LogP contribution in [0.4, 0.5) is 22.0 Å². The van der Waals surface area contributed by atoms with E-state index < -0.39 is 52.3 Å². The normalized spacial score (nSPS) is 21.9. The maximum atomic E-state index is 13.9. The van der Waals surface area contributed by atoms with Crippen LogP contribution in [-0.4, -0.2) is 41.5 Å². The van der Waals surface area contributed by atoms with Gasteiger partial charge in [-0.05, 0) is 5.92 Å². The van der Waals surface area contributed by atoms with Gasteiger partial charge >= 0.3 is 0 Å². The van der Waals surface area contributed by atoms with E-state index >= 15 is 0 Å². The second-order valence-corrected chi connectivity index (χ2v) is 7.17. The van der Waals surface area contributed by atoms with Gasteiger partial charge in [-0.3, -0.25) is 14.9 Å². The SMILES string of the molecule is CC(C)C1NC2(CCN(C(=O)c3c(F)c(F)c(F)c(F)c3F)CC2)NC1=O. The monoisotopic (exact) mass is 391 g/mol. The Morgan fingerprint density at radius 3 is 1.93 bits per heavy atom. The van der Waals surface area contributed by atoms with Crippen LogP contribution < -0.4 is 10.6 Å². The molecule has 0 saturated carbocycles. The second-order valence-electron chi connectivity index (χ2n) is 7.17. The molecule has 148 valence electrons. The van der Waals surface area contributed by atoms with Crippen molar-refractivity contribution in [1.82, 2.24) is 15.5 Å². The molecule has 1 aromatic rings. The molecule has 0 aromatic heterocycles. The van der Waals surface area contributed by atoms with E-state index in [9.17, 15) is 31.5 Å². The van der Waals surface area contributed by atoms with Crippen LogP contribution in [0.5, 0.6) is 0 Å². The van der Waals surface area contributed by atoms with Crippen LogP contribution in [0.15, 0.2) is 0 Å². The molecular formula is C17H18F5N3O2. The maximum absolute atomic E-state index is 13.9. The summed E-state index contributed by atoms with van der Waals surface area (Å²) in [5.74, 6) is -12.3. The highest BCUT2D eigenvalue weighted by molar-refractivity contribution is 5.95. The van der Waals surface area contributed by atoms with Crippen LogP contribution in [0.3, 0.4) is 0 Å². The number of hydrogen-bond acceptors (Lipinski definition) is 3. The van der Waals surface area contributed by atoms with Gasteiger partial charge < -0.3 is 10.2 Å². The van der Waals surface area contributed by atoms with Gasteiger partial charge in [0, 0.05) is 25.9 Å². The van der Waals surface area contributed by atoms with Crippen molar-refractivity contribution in [1.29, 1.82) is 0 Å². The van der Waals surface area contributed by atoms with Gasteiger partial charge in [0.25, 0.3) is 5.91 Å². The summed E-state index contributed by atoms with van der Waals surface area (Å²) >= 11 is 0. The molecule has 2 aliphatic rings. The minimum atomic E-state index is -2.31. The molecule has 1 aromatic carbocycles. The first-order chi connectivity index (χ1) is 12.6. The van der Waals surface area contributed by atoms with Gasteiger partial charge in [0.2, 0.25) is 11.7 Å². The van der Waals surface area contributed by atoms with Gasteiger partial charge in [0.1, 0.15) is 5.56 Å². The second kappa shape index (κ2) is 6.74. The topological polar surface area (TPSA) is 61.4 Å². The first kappa shape index (κ1) is 19.5. The molecule has 3 rings (SSSR count). The van der Waals surface area contributed by atoms with Crippen LogP contribution in [0.25, 0.3) is 0 Å². The fourth-order valence-corrected chi connectivity index (χ4v) is 3.49. The van der Waals surface area contributed by atoms with E-state index in [0.717, 1.165) is 4.90 Å². The van der Waals surface area contributed by atoms with Crippen molar-refractivity contribution in [3.8, 4) is 0 Å². The highest BCUT2D eigenvalue weighted by Gasteiger charge is 2.47. The quantitative estimate of drug-likeness (QED) is 0.461. The molecule has 1 unspecified atom stereocenters. The smallest absolute Gasteiger partial charge is 0.260 e. The molecule has 2 fully saturated rings. The summed E-state index contributed by atoms with van der Waals surface area (Å²) in [7, 11) is 0. The van der Waals surface area contributed by atoms with E-state index in [1.165, 1.54) is 0 Å². The van der Waals surface area contributed by atoms with Gasteiger partial charge in [-0.15, -0.1) is 0 Å². The van der Waals surface area contributed by atoms with Crippen LogP contribution in [0, 0.1) is 35.0 Å². The van der Waals surface area contributed by atoms with Crippen LogP contribution in [0.2, 0.25) is 0 Å². The molecule has 2 amide bonds. The lowest BCUT2D eigenvalue weighted by atomic mass is 9.96. The number of nitrogens with zero attached hydrogens (tertiary/aromatic N) is 1. The Balaban J connectivity index is 1.78. The highest BCUT2D eigenvalue weighted by Crippen LogP contribution is 2.29. The maximum Gasteiger partial charge on any atom is 0.260 e. The number of benzene rings is 1. The Hall–Kier alpha value is -2.23. The average Bonchev–Trinajstić information content (AvgIpc) is 2.95. The standard InChI is InChI=1S/C17H18F5N3O2/c1-7(2)14-15(26)24-17(23-14)3-5-25(6-4-17)16(27)8-9(18)11(20)13(22)12(21)10(8)19/h7,14,23H,3-6H2,1-2H3,(H,24,26). The van der Waals surface area contributed by atoms with E-state index in [2.05, 4.69) is 10.6 Å². The van der Waals surface area contributed by atoms with Crippen molar-refractivity contribution in [2.45, 2.75) is 38.4 Å². The number of carbonyl (C=O) groups is 2. The molecule has 10 heteroatoms. The van der Waals surface area contributed by atoms with E-state index in [1.54, 1.807) is 0 Å². The molecule has 5 nitrogen and oxygen atoms in total. The summed E-state index contributed by atoms with van der Waals surface area (Å²) in [5.41, 5.74) is -2.22. The van der Waals surface area contributed by atoms with E-state index in [0.29, 0.717) is 0 Å². The van der Waals surface area contributed by atoms with Crippen LogP contribution in [0.1, 0.15) is 37.0 Å². The Labute approximate surface area is 151 Å². The summed E-state index contributed by atoms with van der Waals surface area (Å²) in [5, 5.41) is 6.03. The molecule has 2 heterocycles. The Morgan fingerprint density at radius 1 is 1.00 bits per heavy atom. The summed E-state index contributed by atoms with van der Waals surface area (Å²) in [6.07, 6.45) is 0.478. The van der Waals surface area contributed by atoms with E-state index in [4.69, 9.17) is 0 Å². The third-order valence-electron chi connectivity index (χ3n) is 5.07. The number of likely N-dealkylation sites (tertiary alicyclic amines) is 1. The summed E-state index contributed by atoms with van der Waals surface area (Å²) < 4.78 is 67.5. The summed E-state index contributed by atoms with van der Waals surface area (Å²) in [4.78, 5) is 25.4. The zero-order valence-corrected chi connectivity index (χ0v) is 14.6. The number of halogens is 5. The van der Waals surface area contributed by atoms with Gasteiger partial charge in [0.15, 0.2) is 23.3 Å². The fraction of sp³-hybridized carbons (Fsp3) is 0.529. The van der Waals surface area contributed by atoms with E-state index in [-0.39, 0.29) is 37.8 Å². The lowest BCUT2D eigenvalue weighted by Crippen LogP contribution is -2.58. The molecule has 2 N–H and O–H groups in total. The molecule has 0 aliphatic carbocycles. The molecule has 1 spiro atoms. The molecule has 0 radical (unpaired) electrons. The van der Waals surface area contributed by atoms with Crippen molar-refractivity contribution in [2.24, 2.45) is 5.92 Å². The van der Waals surface area contributed by atoms with Crippen molar-refractivity contribution in [3.63, 3.8) is 0 Å². The first-order valence-electron chi connectivity index (χ1n) is 8.48. The number of nitrogens with one attached hydrogen (secondary N) is 2. The fourth-order valence-electron chi connectivity index (χ4n) is 3.49. The van der Waals surface area contributed by atoms with E-state index in [1.807, 2.05) is 13.8 Å². The van der Waals surface area contributed by atoms with Gasteiger partial charge in [-0.2, -0.15) is 0 Å². The summed E-state index contributed by atoms with van der Waals surface area (Å²) in [6.45, 7) is 3.71. The molecule has 0 bridgehead atoms. The summed E-state index contributed by atoms with van der Waals surface area (Å²) in [6, 6.07) is -0.401. The molecular weight excluding hydrogens is 373 g/mol. The van der Waals surface area contributed by atoms with Crippen molar-refractivity contribution >= 4 is 11.8 Å². The predicted octanol–water partition coefficient (Wildman–Crippen LogP) is 2.06. The first-order valence-corrected chi connectivity index (χ1v) is 8.48. The number of hydrogen-bond donors (Lipinski definition) is 2. The molecule has 27 heavy (non-hydrogen) atoms. The van der Waals surface area contributed by atoms with Gasteiger partial charge in [-0.25, -0.2) is 22.0 Å². The van der Waals surface area contributed by atoms with Gasteiger partial charge in [-0.1, -0.05) is 13.8 Å². The minimum absolute atomic E-state index is 0.0174. The number of rotatable bonds is 2. The Morgan fingerprint density at radius 2 is 1.48 bits per heavy atom.